The Bertz CT molecular complexity index is 1010. The van der Waals surface area contributed by atoms with Crippen molar-refractivity contribution in [2.75, 3.05) is 12.4 Å². The topological polar surface area (TPSA) is 71.5 Å². The van der Waals surface area contributed by atoms with Gasteiger partial charge in [-0.1, -0.05) is 23.3 Å². The zero-order valence-corrected chi connectivity index (χ0v) is 15.8. The van der Waals surface area contributed by atoms with E-state index in [0.29, 0.717) is 5.69 Å². The van der Waals surface area contributed by atoms with Crippen LogP contribution in [0.4, 0.5) is 11.4 Å². The van der Waals surface area contributed by atoms with Crippen LogP contribution in [0, 0.1) is 20.8 Å². The average Bonchev–Trinajstić information content (AvgIpc) is 2.63. The monoisotopic (exact) mass is 362 g/mol. The van der Waals surface area contributed by atoms with Crippen molar-refractivity contribution in [1.29, 1.82) is 0 Å². The van der Waals surface area contributed by atoms with Crippen LogP contribution in [0.25, 0.3) is 11.3 Å². The molecule has 2 N–H and O–H groups in total. The molecule has 0 unspecified atom stereocenters. The highest BCUT2D eigenvalue weighted by Crippen LogP contribution is 2.33. The lowest BCUT2D eigenvalue weighted by Gasteiger charge is -2.14. The first kappa shape index (κ1) is 18.5. The van der Waals surface area contributed by atoms with Gasteiger partial charge in [-0.25, -0.2) is 4.79 Å². The van der Waals surface area contributed by atoms with Crippen molar-refractivity contribution in [2.24, 2.45) is 0 Å². The van der Waals surface area contributed by atoms with Gasteiger partial charge in [0.2, 0.25) is 0 Å². The quantitative estimate of drug-likeness (QED) is 0.659. The molecule has 0 amide bonds. The van der Waals surface area contributed by atoms with Gasteiger partial charge in [-0.05, 0) is 56.7 Å². The Hall–Kier alpha value is -3.34. The van der Waals surface area contributed by atoms with Crippen LogP contribution in [0.2, 0.25) is 0 Å². The van der Waals surface area contributed by atoms with Crippen LogP contribution in [0.1, 0.15) is 27.0 Å². The van der Waals surface area contributed by atoms with E-state index in [1.807, 2.05) is 51.1 Å². The summed E-state index contributed by atoms with van der Waals surface area (Å²) in [7, 11) is 1.64. The molecule has 5 nitrogen and oxygen atoms in total. The molecule has 3 rings (SSSR count). The molecule has 0 bridgehead atoms. The highest BCUT2D eigenvalue weighted by atomic mass is 16.5. The number of aromatic nitrogens is 1. The van der Waals surface area contributed by atoms with Gasteiger partial charge in [0, 0.05) is 5.56 Å². The highest BCUT2D eigenvalue weighted by Gasteiger charge is 2.13. The molecule has 0 atom stereocenters. The summed E-state index contributed by atoms with van der Waals surface area (Å²) < 4.78 is 5.47. The summed E-state index contributed by atoms with van der Waals surface area (Å²) in [5, 5.41) is 12.6. The summed E-state index contributed by atoms with van der Waals surface area (Å²) in [6.45, 7) is 5.87. The van der Waals surface area contributed by atoms with Gasteiger partial charge in [0.05, 0.1) is 35.9 Å². The minimum atomic E-state index is -0.966. The summed E-state index contributed by atoms with van der Waals surface area (Å²) in [6, 6.07) is 13.2. The number of nitrogens with zero attached hydrogens (tertiary/aromatic N) is 1. The van der Waals surface area contributed by atoms with Crippen molar-refractivity contribution in [2.45, 2.75) is 20.8 Å². The van der Waals surface area contributed by atoms with E-state index in [4.69, 9.17) is 4.74 Å². The second kappa shape index (κ2) is 7.50. The molecular formula is C22H22N2O3. The Morgan fingerprint density at radius 3 is 2.41 bits per heavy atom. The summed E-state index contributed by atoms with van der Waals surface area (Å²) in [5.74, 6) is -0.199. The molecule has 5 heteroatoms. The third-order valence-corrected chi connectivity index (χ3v) is 4.37. The number of rotatable bonds is 5. The Labute approximate surface area is 158 Å². The maximum Gasteiger partial charge on any atom is 0.337 e. The fraction of sp³-hybridized carbons (Fsp3) is 0.182. The lowest BCUT2D eigenvalue weighted by Crippen LogP contribution is -2.04. The zero-order valence-electron chi connectivity index (χ0n) is 15.8. The van der Waals surface area contributed by atoms with Crippen LogP contribution >= 0.6 is 0 Å². The maximum atomic E-state index is 11.5. The van der Waals surface area contributed by atoms with Crippen LogP contribution in [0.3, 0.4) is 0 Å². The maximum absolute atomic E-state index is 11.5. The van der Waals surface area contributed by atoms with Gasteiger partial charge in [-0.3, -0.25) is 4.98 Å². The highest BCUT2D eigenvalue weighted by molar-refractivity contribution is 5.95. The lowest BCUT2D eigenvalue weighted by atomic mass is 10.0. The molecule has 1 aromatic heterocycles. The first-order chi connectivity index (χ1) is 12.9. The number of ether oxygens (including phenoxy) is 1. The van der Waals surface area contributed by atoms with Crippen molar-refractivity contribution in [3.05, 3.63) is 70.9 Å². The second-order valence-electron chi connectivity index (χ2n) is 6.57. The molecule has 2 aromatic carbocycles. The van der Waals surface area contributed by atoms with Gasteiger partial charge < -0.3 is 15.2 Å². The van der Waals surface area contributed by atoms with Crippen molar-refractivity contribution in [3.8, 4) is 17.0 Å². The van der Waals surface area contributed by atoms with E-state index >= 15 is 0 Å². The third-order valence-electron chi connectivity index (χ3n) is 4.37. The summed E-state index contributed by atoms with van der Waals surface area (Å²) in [6.07, 6.45) is 1.70. The number of methoxy groups -OCH3 is 1. The Balaban J connectivity index is 1.97. The van der Waals surface area contributed by atoms with Crippen LogP contribution in [0.15, 0.2) is 48.7 Å². The SMILES string of the molecule is COc1ccc(C)cc1-c1ncc(Nc2ccc(C)cc2C(=O)O)cc1C. The van der Waals surface area contributed by atoms with Crippen molar-refractivity contribution in [1.82, 2.24) is 4.98 Å². The number of benzene rings is 2. The van der Waals surface area contributed by atoms with E-state index in [-0.39, 0.29) is 5.56 Å². The lowest BCUT2D eigenvalue weighted by molar-refractivity contribution is 0.0698. The molecule has 0 saturated heterocycles. The molecule has 3 aromatic rings. The Morgan fingerprint density at radius 2 is 1.74 bits per heavy atom. The number of hydrogen-bond acceptors (Lipinski definition) is 4. The normalized spacial score (nSPS) is 10.5. The molecular weight excluding hydrogens is 340 g/mol. The molecule has 138 valence electrons. The van der Waals surface area contributed by atoms with E-state index < -0.39 is 5.97 Å². The van der Waals surface area contributed by atoms with E-state index in [1.54, 1.807) is 25.4 Å². The van der Waals surface area contributed by atoms with Crippen LogP contribution < -0.4 is 10.1 Å². The fourth-order valence-corrected chi connectivity index (χ4v) is 3.03. The minimum absolute atomic E-state index is 0.233. The van der Waals surface area contributed by atoms with E-state index in [2.05, 4.69) is 10.3 Å². The number of hydrogen-bond donors (Lipinski definition) is 2. The predicted octanol–water partition coefficient (Wildman–Crippen LogP) is 5.12. The fourth-order valence-electron chi connectivity index (χ4n) is 3.03. The smallest absolute Gasteiger partial charge is 0.337 e. The number of aromatic carboxylic acids is 1. The zero-order chi connectivity index (χ0) is 19.6. The van der Waals surface area contributed by atoms with Crippen molar-refractivity contribution < 1.29 is 14.6 Å². The predicted molar refractivity (Wildman–Crippen MR) is 107 cm³/mol. The molecule has 0 radical (unpaired) electrons. The van der Waals surface area contributed by atoms with Gasteiger partial charge in [0.25, 0.3) is 0 Å². The minimum Gasteiger partial charge on any atom is -0.496 e. The molecule has 0 spiro atoms. The van der Waals surface area contributed by atoms with Crippen LogP contribution in [-0.4, -0.2) is 23.2 Å². The number of carboxylic acids is 1. The largest absolute Gasteiger partial charge is 0.496 e. The number of nitrogens with one attached hydrogen (secondary N) is 1. The Kier molecular flexibility index (Phi) is 5.12. The van der Waals surface area contributed by atoms with Gasteiger partial charge >= 0.3 is 5.97 Å². The average molecular weight is 362 g/mol. The van der Waals surface area contributed by atoms with E-state index in [1.165, 1.54) is 0 Å². The van der Waals surface area contributed by atoms with E-state index in [9.17, 15) is 9.90 Å². The van der Waals surface area contributed by atoms with E-state index in [0.717, 1.165) is 39.4 Å². The van der Waals surface area contributed by atoms with Crippen LogP contribution in [0.5, 0.6) is 5.75 Å². The molecule has 27 heavy (non-hydrogen) atoms. The van der Waals surface area contributed by atoms with Gasteiger partial charge in [-0.15, -0.1) is 0 Å². The molecule has 1 heterocycles. The summed E-state index contributed by atoms with van der Waals surface area (Å²) >= 11 is 0. The van der Waals surface area contributed by atoms with Crippen molar-refractivity contribution >= 4 is 17.3 Å². The molecule has 0 fully saturated rings. The van der Waals surface area contributed by atoms with Gasteiger partial charge in [-0.2, -0.15) is 0 Å². The number of anilines is 2. The number of aryl methyl sites for hydroxylation is 3. The van der Waals surface area contributed by atoms with Crippen LogP contribution in [-0.2, 0) is 0 Å². The molecule has 0 saturated carbocycles. The number of carboxylic acid groups (broad SMARTS) is 1. The van der Waals surface area contributed by atoms with Gasteiger partial charge in [0.1, 0.15) is 5.75 Å². The molecule has 0 aliphatic carbocycles. The molecule has 0 aliphatic heterocycles. The number of pyridine rings is 1. The first-order valence-electron chi connectivity index (χ1n) is 8.61. The van der Waals surface area contributed by atoms with Gasteiger partial charge in [0.15, 0.2) is 0 Å². The van der Waals surface area contributed by atoms with Crippen molar-refractivity contribution in [3.63, 3.8) is 0 Å². The Morgan fingerprint density at radius 1 is 1.04 bits per heavy atom. The molecule has 0 aliphatic rings. The third kappa shape index (κ3) is 3.92. The standard InChI is InChI=1S/C22H22N2O3/c1-13-5-7-19(17(9-13)22(25)26)24-16-11-15(3)21(23-12-16)18-10-14(2)6-8-20(18)27-4/h5-12,24H,1-4H3,(H,25,26). The second-order valence-corrected chi connectivity index (χ2v) is 6.57. The summed E-state index contributed by atoms with van der Waals surface area (Å²) in [5.41, 5.74) is 6.26. The first-order valence-corrected chi connectivity index (χ1v) is 8.61. The summed E-state index contributed by atoms with van der Waals surface area (Å²) in [4.78, 5) is 16.1. The number of carbonyl (C=O) groups is 1.